The van der Waals surface area contributed by atoms with E-state index in [0.29, 0.717) is 0 Å². The number of nitrogens with two attached hydrogens (primary N) is 1. The molecule has 0 fully saturated rings. The highest BCUT2D eigenvalue weighted by atomic mass is 15.2. The number of hydrogen-bond donors (Lipinski definition) is 2. The summed E-state index contributed by atoms with van der Waals surface area (Å²) in [7, 11) is 0. The normalized spacial score (nSPS) is 14.5. The highest BCUT2D eigenvalue weighted by Crippen LogP contribution is 2.34. The van der Waals surface area contributed by atoms with E-state index in [4.69, 9.17) is 10.8 Å². The van der Waals surface area contributed by atoms with Crippen LogP contribution in [-0.4, -0.2) is 4.98 Å². The van der Waals surface area contributed by atoms with Gasteiger partial charge in [0.15, 0.2) is 0 Å². The minimum Gasteiger partial charge on any atom is -0.323 e. The van der Waals surface area contributed by atoms with Crippen molar-refractivity contribution < 1.29 is 0 Å². The molecule has 0 spiro atoms. The van der Waals surface area contributed by atoms with Gasteiger partial charge in [-0.3, -0.25) is 10.8 Å². The van der Waals surface area contributed by atoms with Crippen molar-refractivity contribution in [3.05, 3.63) is 34.5 Å². The second-order valence-corrected chi connectivity index (χ2v) is 5.36. The summed E-state index contributed by atoms with van der Waals surface area (Å²) in [6.45, 7) is 4.25. The first-order valence-electron chi connectivity index (χ1n) is 7.16. The summed E-state index contributed by atoms with van der Waals surface area (Å²) in [5, 5.41) is 1.16. The van der Waals surface area contributed by atoms with Crippen molar-refractivity contribution in [1.29, 1.82) is 0 Å². The number of rotatable bonds is 2. The van der Waals surface area contributed by atoms with Crippen LogP contribution in [0.2, 0.25) is 0 Å². The molecule has 0 aliphatic heterocycles. The molecule has 2 aromatic rings. The van der Waals surface area contributed by atoms with Crippen molar-refractivity contribution in [3.63, 3.8) is 0 Å². The maximum absolute atomic E-state index is 5.74. The van der Waals surface area contributed by atoms with Crippen LogP contribution in [0.15, 0.2) is 12.1 Å². The number of anilines is 1. The van der Waals surface area contributed by atoms with Crippen LogP contribution in [0.1, 0.15) is 42.1 Å². The Bertz CT molecular complexity index is 632. The number of nitrogen functional groups attached to an aromatic ring is 1. The Morgan fingerprint density at radius 3 is 2.79 bits per heavy atom. The Morgan fingerprint density at radius 1 is 1.26 bits per heavy atom. The fourth-order valence-corrected chi connectivity index (χ4v) is 3.23. The van der Waals surface area contributed by atoms with Crippen molar-refractivity contribution in [2.75, 3.05) is 5.43 Å². The Hall–Kier alpha value is -1.61. The predicted octanol–water partition coefficient (Wildman–Crippen LogP) is 3.27. The van der Waals surface area contributed by atoms with Gasteiger partial charge in [-0.05, 0) is 55.7 Å². The van der Waals surface area contributed by atoms with Crippen LogP contribution in [0.4, 0.5) is 5.69 Å². The monoisotopic (exact) mass is 255 g/mol. The van der Waals surface area contributed by atoms with Crippen LogP contribution in [0.25, 0.3) is 10.9 Å². The smallest absolute Gasteiger partial charge is 0.0761 e. The molecule has 0 saturated heterocycles. The lowest BCUT2D eigenvalue weighted by molar-refractivity contribution is 0.688. The lowest BCUT2D eigenvalue weighted by atomic mass is 9.89. The average Bonchev–Trinajstić information content (AvgIpc) is 2.46. The van der Waals surface area contributed by atoms with Crippen LogP contribution in [0.5, 0.6) is 0 Å². The topological polar surface area (TPSA) is 50.9 Å². The zero-order valence-electron chi connectivity index (χ0n) is 11.7. The molecule has 0 amide bonds. The molecule has 3 nitrogen and oxygen atoms in total. The van der Waals surface area contributed by atoms with E-state index in [-0.39, 0.29) is 0 Å². The molecule has 1 aromatic carbocycles. The van der Waals surface area contributed by atoms with E-state index >= 15 is 0 Å². The molecule has 3 N–H and O–H groups in total. The summed E-state index contributed by atoms with van der Waals surface area (Å²) < 4.78 is 0. The van der Waals surface area contributed by atoms with Gasteiger partial charge in [0.2, 0.25) is 0 Å². The molecular formula is C16H21N3. The Kier molecular flexibility index (Phi) is 3.15. The fourth-order valence-electron chi connectivity index (χ4n) is 3.23. The summed E-state index contributed by atoms with van der Waals surface area (Å²) in [6.07, 6.45) is 5.85. The minimum absolute atomic E-state index is 0.945. The lowest BCUT2D eigenvalue weighted by Crippen LogP contribution is -2.12. The molecule has 3 rings (SSSR count). The molecule has 0 bridgehead atoms. The van der Waals surface area contributed by atoms with Gasteiger partial charge in [-0.15, -0.1) is 0 Å². The third kappa shape index (κ3) is 1.89. The average molecular weight is 255 g/mol. The molecule has 0 saturated carbocycles. The molecule has 0 unspecified atom stereocenters. The van der Waals surface area contributed by atoms with Crippen LogP contribution in [0, 0.1) is 6.92 Å². The van der Waals surface area contributed by atoms with Crippen molar-refractivity contribution >= 4 is 16.6 Å². The van der Waals surface area contributed by atoms with E-state index in [1.807, 2.05) is 0 Å². The van der Waals surface area contributed by atoms with Gasteiger partial charge in [0, 0.05) is 11.1 Å². The number of aromatic nitrogens is 1. The van der Waals surface area contributed by atoms with Crippen molar-refractivity contribution in [1.82, 2.24) is 4.98 Å². The lowest BCUT2D eigenvalue weighted by Gasteiger charge is -2.20. The van der Waals surface area contributed by atoms with E-state index in [9.17, 15) is 0 Å². The number of benzene rings is 1. The van der Waals surface area contributed by atoms with Crippen molar-refractivity contribution in [3.8, 4) is 0 Å². The van der Waals surface area contributed by atoms with Crippen LogP contribution < -0.4 is 11.3 Å². The number of nitrogens with one attached hydrogen (secondary N) is 1. The van der Waals surface area contributed by atoms with Gasteiger partial charge in [-0.1, -0.05) is 19.1 Å². The van der Waals surface area contributed by atoms with Crippen LogP contribution >= 0.6 is 0 Å². The molecule has 100 valence electrons. The quantitative estimate of drug-likeness (QED) is 0.639. The summed E-state index contributed by atoms with van der Waals surface area (Å²) in [6, 6.07) is 4.43. The molecule has 1 aliphatic carbocycles. The summed E-state index contributed by atoms with van der Waals surface area (Å²) in [4.78, 5) is 4.92. The first-order chi connectivity index (χ1) is 9.26. The maximum Gasteiger partial charge on any atom is 0.0761 e. The minimum atomic E-state index is 0.945. The van der Waals surface area contributed by atoms with Gasteiger partial charge < -0.3 is 5.43 Å². The third-order valence-corrected chi connectivity index (χ3v) is 4.31. The van der Waals surface area contributed by atoms with Crippen molar-refractivity contribution in [2.45, 2.75) is 46.0 Å². The van der Waals surface area contributed by atoms with Gasteiger partial charge in [-0.2, -0.15) is 0 Å². The third-order valence-electron chi connectivity index (χ3n) is 4.31. The number of fused-ring (bicyclic) bond motifs is 3. The van der Waals surface area contributed by atoms with Gasteiger partial charge in [0.25, 0.3) is 0 Å². The van der Waals surface area contributed by atoms with Gasteiger partial charge in [0.05, 0.1) is 11.2 Å². The standard InChI is InChI=1S/C16H21N3/c1-3-14-10(2)15(19-17)13-9-8-11-6-4-5-7-12(11)16(13)18-14/h8-9H,3-7,17H2,1-2H3,(H,18,19). The van der Waals surface area contributed by atoms with Crippen LogP contribution in [-0.2, 0) is 19.3 Å². The molecular weight excluding hydrogens is 234 g/mol. The molecule has 3 heteroatoms. The van der Waals surface area contributed by atoms with Gasteiger partial charge in [-0.25, -0.2) is 0 Å². The first-order valence-corrected chi connectivity index (χ1v) is 7.16. The summed E-state index contributed by atoms with van der Waals surface area (Å²) in [5.74, 6) is 5.74. The Labute approximate surface area is 114 Å². The number of pyridine rings is 1. The zero-order valence-corrected chi connectivity index (χ0v) is 11.7. The molecule has 1 aliphatic rings. The molecule has 1 heterocycles. The first kappa shape index (κ1) is 12.4. The predicted molar refractivity (Wildman–Crippen MR) is 80.3 cm³/mol. The highest BCUT2D eigenvalue weighted by molar-refractivity contribution is 5.95. The summed E-state index contributed by atoms with van der Waals surface area (Å²) >= 11 is 0. The number of nitrogens with zero attached hydrogens (tertiary/aromatic N) is 1. The van der Waals surface area contributed by atoms with Gasteiger partial charge >= 0.3 is 0 Å². The fraction of sp³-hybridized carbons (Fsp3) is 0.438. The largest absolute Gasteiger partial charge is 0.323 e. The van der Waals surface area contributed by atoms with E-state index in [0.717, 1.165) is 35.1 Å². The highest BCUT2D eigenvalue weighted by Gasteiger charge is 2.17. The SMILES string of the molecule is CCc1nc2c3c(ccc2c(NN)c1C)CCCC3. The van der Waals surface area contributed by atoms with E-state index < -0.39 is 0 Å². The van der Waals surface area contributed by atoms with Crippen molar-refractivity contribution in [2.24, 2.45) is 5.84 Å². The summed E-state index contributed by atoms with van der Waals surface area (Å²) in [5.41, 5.74) is 10.3. The van der Waals surface area contributed by atoms with Gasteiger partial charge in [0.1, 0.15) is 0 Å². The number of hydrogen-bond acceptors (Lipinski definition) is 3. The number of hydrazine groups is 1. The van der Waals surface area contributed by atoms with E-state index in [1.165, 1.54) is 36.0 Å². The molecule has 19 heavy (non-hydrogen) atoms. The molecule has 0 atom stereocenters. The Balaban J connectivity index is 2.37. The van der Waals surface area contributed by atoms with E-state index in [1.54, 1.807) is 0 Å². The second-order valence-electron chi connectivity index (χ2n) is 5.36. The zero-order chi connectivity index (χ0) is 13.4. The molecule has 0 radical (unpaired) electrons. The van der Waals surface area contributed by atoms with E-state index in [2.05, 4.69) is 31.4 Å². The van der Waals surface area contributed by atoms with Crippen LogP contribution in [0.3, 0.4) is 0 Å². The second kappa shape index (κ2) is 4.82. The molecule has 1 aromatic heterocycles. The number of aryl methyl sites for hydroxylation is 3. The Morgan fingerprint density at radius 2 is 2.05 bits per heavy atom. The maximum atomic E-state index is 5.74.